The van der Waals surface area contributed by atoms with E-state index in [0.29, 0.717) is 30.4 Å². The second-order valence-corrected chi connectivity index (χ2v) is 7.38. The number of nitrogens with one attached hydrogen (secondary N) is 1. The Kier molecular flexibility index (Phi) is 4.33. The maximum absolute atomic E-state index is 12.4. The molecule has 5 nitrogen and oxygen atoms in total. The number of fused-ring (bicyclic) bond motifs is 1. The number of aromatic hydroxyl groups is 1. The third kappa shape index (κ3) is 3.20. The summed E-state index contributed by atoms with van der Waals surface area (Å²) in [5, 5.41) is 12.4. The standard InChI is InChI=1S/C18H16ClN3O2S/c19-13-4-1-3-11(16(13)23)9-22-7-6-12-14(10-22)20-17(21-18(12)24)15-5-2-8-25-15/h1-5,8,23H,6-7,9-10H2,(H,20,21,24). The number of halogens is 1. The van der Waals surface area contributed by atoms with Gasteiger partial charge in [-0.1, -0.05) is 29.8 Å². The summed E-state index contributed by atoms with van der Waals surface area (Å²) in [6, 6.07) is 9.24. The second-order valence-electron chi connectivity index (χ2n) is 6.03. The fraction of sp³-hybridized carbons (Fsp3) is 0.222. The molecule has 25 heavy (non-hydrogen) atoms. The fourth-order valence-electron chi connectivity index (χ4n) is 3.09. The summed E-state index contributed by atoms with van der Waals surface area (Å²) in [7, 11) is 0. The van der Waals surface area contributed by atoms with E-state index in [2.05, 4.69) is 14.9 Å². The first-order valence-electron chi connectivity index (χ1n) is 7.96. The van der Waals surface area contributed by atoms with Crippen LogP contribution in [0.3, 0.4) is 0 Å². The molecule has 0 amide bonds. The van der Waals surface area contributed by atoms with Crippen LogP contribution in [-0.4, -0.2) is 26.5 Å². The summed E-state index contributed by atoms with van der Waals surface area (Å²) >= 11 is 7.53. The van der Waals surface area contributed by atoms with Crippen LogP contribution >= 0.6 is 22.9 Å². The molecule has 128 valence electrons. The average molecular weight is 374 g/mol. The Labute approximate surface area is 153 Å². The molecule has 1 aromatic carbocycles. The molecule has 1 aliphatic rings. The maximum Gasteiger partial charge on any atom is 0.254 e. The normalized spacial score (nSPS) is 14.4. The largest absolute Gasteiger partial charge is 0.506 e. The molecular formula is C18H16ClN3O2S. The number of hydrogen-bond donors (Lipinski definition) is 2. The number of H-pyrrole nitrogens is 1. The van der Waals surface area contributed by atoms with Crippen LogP contribution in [0.5, 0.6) is 5.75 Å². The average Bonchev–Trinajstić information content (AvgIpc) is 3.13. The van der Waals surface area contributed by atoms with E-state index < -0.39 is 0 Å². The lowest BCUT2D eigenvalue weighted by Crippen LogP contribution is -2.35. The summed E-state index contributed by atoms with van der Waals surface area (Å²) in [6.45, 7) is 1.88. The third-order valence-electron chi connectivity index (χ3n) is 4.37. The molecule has 0 radical (unpaired) electrons. The molecule has 4 rings (SSSR count). The van der Waals surface area contributed by atoms with Crippen LogP contribution in [0, 0.1) is 0 Å². The first-order chi connectivity index (χ1) is 12.1. The molecule has 2 aromatic heterocycles. The zero-order valence-corrected chi connectivity index (χ0v) is 14.9. The Morgan fingerprint density at radius 3 is 3.00 bits per heavy atom. The number of nitrogens with zero attached hydrogens (tertiary/aromatic N) is 2. The van der Waals surface area contributed by atoms with E-state index in [-0.39, 0.29) is 11.3 Å². The molecule has 0 unspecified atom stereocenters. The number of aromatic nitrogens is 2. The first-order valence-corrected chi connectivity index (χ1v) is 9.22. The highest BCUT2D eigenvalue weighted by atomic mass is 35.5. The highest BCUT2D eigenvalue weighted by Crippen LogP contribution is 2.29. The van der Waals surface area contributed by atoms with Gasteiger partial charge in [0.05, 0.1) is 15.6 Å². The van der Waals surface area contributed by atoms with Gasteiger partial charge < -0.3 is 10.1 Å². The SMILES string of the molecule is O=c1[nH]c(-c2cccs2)nc2c1CCN(Cc1cccc(Cl)c1O)C2. The van der Waals surface area contributed by atoms with Gasteiger partial charge >= 0.3 is 0 Å². The lowest BCUT2D eigenvalue weighted by molar-refractivity contribution is 0.237. The zero-order chi connectivity index (χ0) is 17.4. The Balaban J connectivity index is 1.62. The van der Waals surface area contributed by atoms with Crippen molar-refractivity contribution in [2.24, 2.45) is 0 Å². The van der Waals surface area contributed by atoms with Crippen LogP contribution in [0.4, 0.5) is 0 Å². The van der Waals surface area contributed by atoms with E-state index in [1.54, 1.807) is 17.4 Å². The summed E-state index contributed by atoms with van der Waals surface area (Å²) in [6.07, 6.45) is 0.643. The zero-order valence-electron chi connectivity index (χ0n) is 13.3. The molecule has 3 heterocycles. The highest BCUT2D eigenvalue weighted by molar-refractivity contribution is 7.13. The van der Waals surface area contributed by atoms with Crippen LogP contribution in [0.25, 0.3) is 10.7 Å². The minimum atomic E-state index is -0.0568. The minimum Gasteiger partial charge on any atom is -0.506 e. The number of hydrogen-bond acceptors (Lipinski definition) is 5. The Morgan fingerprint density at radius 1 is 1.32 bits per heavy atom. The van der Waals surface area contributed by atoms with Gasteiger partial charge in [0, 0.05) is 30.8 Å². The summed E-state index contributed by atoms with van der Waals surface area (Å²) in [5.74, 6) is 0.735. The van der Waals surface area contributed by atoms with Crippen molar-refractivity contribution in [2.45, 2.75) is 19.5 Å². The van der Waals surface area contributed by atoms with Crippen LogP contribution in [0.15, 0.2) is 40.5 Å². The van der Waals surface area contributed by atoms with Crippen molar-refractivity contribution in [3.05, 3.63) is 67.9 Å². The van der Waals surface area contributed by atoms with E-state index in [1.807, 2.05) is 29.6 Å². The van der Waals surface area contributed by atoms with Crippen molar-refractivity contribution >= 4 is 22.9 Å². The van der Waals surface area contributed by atoms with Gasteiger partial charge in [-0.15, -0.1) is 11.3 Å². The highest BCUT2D eigenvalue weighted by Gasteiger charge is 2.22. The first kappa shape index (κ1) is 16.3. The smallest absolute Gasteiger partial charge is 0.254 e. The number of phenols is 1. The van der Waals surface area contributed by atoms with Gasteiger partial charge in [0.1, 0.15) is 5.75 Å². The van der Waals surface area contributed by atoms with Crippen LogP contribution in [0.1, 0.15) is 16.8 Å². The summed E-state index contributed by atoms with van der Waals surface area (Å²) < 4.78 is 0. The number of rotatable bonds is 3. The fourth-order valence-corrected chi connectivity index (χ4v) is 3.95. The van der Waals surface area contributed by atoms with Gasteiger partial charge in [-0.25, -0.2) is 4.98 Å². The quantitative estimate of drug-likeness (QED) is 0.738. The van der Waals surface area contributed by atoms with Gasteiger partial charge in [0.25, 0.3) is 5.56 Å². The molecule has 3 aromatic rings. The van der Waals surface area contributed by atoms with Gasteiger partial charge in [0.15, 0.2) is 5.82 Å². The number of benzene rings is 1. The minimum absolute atomic E-state index is 0.0568. The summed E-state index contributed by atoms with van der Waals surface area (Å²) in [5.41, 5.74) is 2.28. The maximum atomic E-state index is 12.4. The molecule has 0 bridgehead atoms. The van der Waals surface area contributed by atoms with Crippen molar-refractivity contribution in [2.75, 3.05) is 6.54 Å². The van der Waals surface area contributed by atoms with Crippen LogP contribution in [0.2, 0.25) is 5.02 Å². The van der Waals surface area contributed by atoms with Gasteiger partial charge in [-0.05, 0) is 23.9 Å². The number of aromatic amines is 1. The Hall–Kier alpha value is -2.15. The Morgan fingerprint density at radius 2 is 2.20 bits per heavy atom. The van der Waals surface area contributed by atoms with Gasteiger partial charge in [0.2, 0.25) is 0 Å². The summed E-state index contributed by atoms with van der Waals surface area (Å²) in [4.78, 5) is 23.1. The molecule has 0 fully saturated rings. The van der Waals surface area contributed by atoms with E-state index in [0.717, 1.165) is 28.2 Å². The van der Waals surface area contributed by atoms with Crippen molar-refractivity contribution in [1.82, 2.24) is 14.9 Å². The predicted octanol–water partition coefficient (Wildman–Crippen LogP) is 3.42. The molecular weight excluding hydrogens is 358 g/mol. The Bertz CT molecular complexity index is 969. The second kappa shape index (κ2) is 6.63. The molecule has 2 N–H and O–H groups in total. The molecule has 0 saturated carbocycles. The van der Waals surface area contributed by atoms with E-state index in [1.165, 1.54) is 0 Å². The molecule has 0 aliphatic carbocycles. The van der Waals surface area contributed by atoms with Gasteiger partial charge in [-0.2, -0.15) is 0 Å². The molecule has 1 aliphatic heterocycles. The van der Waals surface area contributed by atoms with Crippen molar-refractivity contribution in [1.29, 1.82) is 0 Å². The molecule has 7 heteroatoms. The van der Waals surface area contributed by atoms with Gasteiger partial charge in [-0.3, -0.25) is 9.69 Å². The predicted molar refractivity (Wildman–Crippen MR) is 99.1 cm³/mol. The van der Waals surface area contributed by atoms with Crippen molar-refractivity contribution in [3.8, 4) is 16.5 Å². The third-order valence-corrected chi connectivity index (χ3v) is 5.55. The van der Waals surface area contributed by atoms with Crippen molar-refractivity contribution < 1.29 is 5.11 Å². The topological polar surface area (TPSA) is 69.2 Å². The van der Waals surface area contributed by atoms with Crippen LogP contribution in [-0.2, 0) is 19.5 Å². The molecule has 0 atom stereocenters. The number of phenolic OH excluding ortho intramolecular Hbond substituents is 1. The lowest BCUT2D eigenvalue weighted by Gasteiger charge is -2.28. The number of thiophene rings is 1. The monoisotopic (exact) mass is 373 g/mol. The van der Waals surface area contributed by atoms with Crippen LogP contribution < -0.4 is 5.56 Å². The van der Waals surface area contributed by atoms with E-state index in [4.69, 9.17) is 11.6 Å². The molecule has 0 saturated heterocycles. The number of para-hydroxylation sites is 1. The van der Waals surface area contributed by atoms with E-state index >= 15 is 0 Å². The van der Waals surface area contributed by atoms with Crippen molar-refractivity contribution in [3.63, 3.8) is 0 Å². The lowest BCUT2D eigenvalue weighted by atomic mass is 10.1. The molecule has 0 spiro atoms. The van der Waals surface area contributed by atoms with E-state index in [9.17, 15) is 9.90 Å².